The van der Waals surface area contributed by atoms with E-state index < -0.39 is 0 Å². The number of nitrogens with one attached hydrogen (secondary N) is 2. The second kappa shape index (κ2) is 5.28. The van der Waals surface area contributed by atoms with E-state index in [0.29, 0.717) is 26.2 Å². The Hall–Kier alpha value is -2.08. The standard InChI is InChI=1S/C16H20N4O2/c21-15(14-13-4-2-1-3-11(13)5-6-17-14)19-7-8-20-12(10-19)9-18-16(20)22/h1-4,12,14,17H,5-10H2,(H,18,22)/t12-,14+/m1/s1. The normalized spacial score (nSPS) is 27.2. The molecule has 0 aliphatic carbocycles. The number of urea groups is 1. The fourth-order valence-corrected chi connectivity index (χ4v) is 3.71. The van der Waals surface area contributed by atoms with Gasteiger partial charge in [-0.1, -0.05) is 24.3 Å². The summed E-state index contributed by atoms with van der Waals surface area (Å²) in [4.78, 5) is 28.3. The van der Waals surface area contributed by atoms with Gasteiger partial charge >= 0.3 is 6.03 Å². The van der Waals surface area contributed by atoms with Crippen LogP contribution < -0.4 is 10.6 Å². The molecule has 4 rings (SSSR count). The van der Waals surface area contributed by atoms with E-state index >= 15 is 0 Å². The molecular formula is C16H20N4O2. The van der Waals surface area contributed by atoms with Gasteiger partial charge in [-0.15, -0.1) is 0 Å². The topological polar surface area (TPSA) is 64.7 Å². The first-order valence-corrected chi connectivity index (χ1v) is 7.88. The van der Waals surface area contributed by atoms with Crippen LogP contribution in [0.5, 0.6) is 0 Å². The van der Waals surface area contributed by atoms with Crippen LogP contribution in [-0.4, -0.2) is 60.5 Å². The lowest BCUT2D eigenvalue weighted by Crippen LogP contribution is -2.56. The van der Waals surface area contributed by atoms with Crippen molar-refractivity contribution in [1.82, 2.24) is 20.4 Å². The van der Waals surface area contributed by atoms with Crippen LogP contribution in [0.25, 0.3) is 0 Å². The Labute approximate surface area is 129 Å². The summed E-state index contributed by atoms with van der Waals surface area (Å²) in [5, 5.41) is 6.20. The van der Waals surface area contributed by atoms with E-state index in [0.717, 1.165) is 18.5 Å². The monoisotopic (exact) mass is 300 g/mol. The van der Waals surface area contributed by atoms with Gasteiger partial charge in [-0.3, -0.25) is 4.79 Å². The van der Waals surface area contributed by atoms with Crippen LogP contribution in [0.3, 0.4) is 0 Å². The summed E-state index contributed by atoms with van der Waals surface area (Å²) in [6, 6.07) is 8.03. The Kier molecular flexibility index (Phi) is 3.26. The van der Waals surface area contributed by atoms with E-state index in [1.54, 1.807) is 0 Å². The van der Waals surface area contributed by atoms with Crippen molar-refractivity contribution in [1.29, 1.82) is 0 Å². The van der Waals surface area contributed by atoms with Gasteiger partial charge in [0.1, 0.15) is 6.04 Å². The van der Waals surface area contributed by atoms with E-state index in [4.69, 9.17) is 0 Å². The molecule has 0 aromatic heterocycles. The molecule has 0 radical (unpaired) electrons. The molecule has 3 aliphatic heterocycles. The third-order valence-electron chi connectivity index (χ3n) is 4.90. The van der Waals surface area contributed by atoms with Crippen LogP contribution in [-0.2, 0) is 11.2 Å². The zero-order valence-corrected chi connectivity index (χ0v) is 12.4. The van der Waals surface area contributed by atoms with Gasteiger partial charge in [-0.2, -0.15) is 0 Å². The Morgan fingerprint density at radius 3 is 3.00 bits per heavy atom. The maximum atomic E-state index is 12.9. The van der Waals surface area contributed by atoms with Crippen LogP contribution >= 0.6 is 0 Å². The minimum atomic E-state index is -0.249. The first-order valence-electron chi connectivity index (χ1n) is 7.88. The molecule has 3 heterocycles. The molecule has 2 atom stereocenters. The molecule has 3 aliphatic rings. The summed E-state index contributed by atoms with van der Waals surface area (Å²) in [6.45, 7) is 3.33. The Morgan fingerprint density at radius 2 is 2.09 bits per heavy atom. The average molecular weight is 300 g/mol. The van der Waals surface area contributed by atoms with Gasteiger partial charge < -0.3 is 20.4 Å². The van der Waals surface area contributed by atoms with Crippen molar-refractivity contribution < 1.29 is 9.59 Å². The van der Waals surface area contributed by atoms with Crippen molar-refractivity contribution in [2.24, 2.45) is 0 Å². The number of amides is 3. The molecule has 22 heavy (non-hydrogen) atoms. The van der Waals surface area contributed by atoms with Crippen LogP contribution in [0.1, 0.15) is 17.2 Å². The molecule has 0 unspecified atom stereocenters. The van der Waals surface area contributed by atoms with Gasteiger partial charge in [0, 0.05) is 32.7 Å². The van der Waals surface area contributed by atoms with Gasteiger partial charge in [-0.25, -0.2) is 4.79 Å². The van der Waals surface area contributed by atoms with Gasteiger partial charge in [0.05, 0.1) is 6.04 Å². The predicted molar refractivity (Wildman–Crippen MR) is 81.4 cm³/mol. The van der Waals surface area contributed by atoms with Crippen molar-refractivity contribution in [3.8, 4) is 0 Å². The molecule has 0 saturated carbocycles. The van der Waals surface area contributed by atoms with E-state index in [2.05, 4.69) is 16.7 Å². The number of hydrogen-bond acceptors (Lipinski definition) is 3. The zero-order chi connectivity index (χ0) is 15.1. The Bertz CT molecular complexity index is 618. The summed E-state index contributed by atoms with van der Waals surface area (Å²) in [7, 11) is 0. The number of carbonyl (C=O) groups is 2. The molecule has 1 aromatic carbocycles. The van der Waals surface area contributed by atoms with Crippen molar-refractivity contribution >= 4 is 11.9 Å². The van der Waals surface area contributed by atoms with Crippen LogP contribution in [0.2, 0.25) is 0 Å². The molecule has 2 saturated heterocycles. The van der Waals surface area contributed by atoms with Crippen LogP contribution in [0, 0.1) is 0 Å². The summed E-state index contributed by atoms with van der Waals surface area (Å²) >= 11 is 0. The first-order chi connectivity index (χ1) is 10.7. The quantitative estimate of drug-likeness (QED) is 0.774. The highest BCUT2D eigenvalue weighted by molar-refractivity contribution is 5.85. The Balaban J connectivity index is 1.52. The molecule has 0 bridgehead atoms. The highest BCUT2D eigenvalue weighted by atomic mass is 16.2. The molecule has 6 nitrogen and oxygen atoms in total. The predicted octanol–water partition coefficient (Wildman–Crippen LogP) is 0.109. The minimum absolute atomic E-state index is 0.00163. The molecule has 2 N–H and O–H groups in total. The minimum Gasteiger partial charge on any atom is -0.337 e. The number of rotatable bonds is 1. The lowest BCUT2D eigenvalue weighted by molar-refractivity contribution is -0.136. The SMILES string of the molecule is O=C([C@H]1NCCc2ccccc21)N1CCN2C(=O)NC[C@@H]2C1. The van der Waals surface area contributed by atoms with Gasteiger partial charge in [-0.05, 0) is 17.5 Å². The van der Waals surface area contributed by atoms with Crippen molar-refractivity contribution in [2.45, 2.75) is 18.5 Å². The van der Waals surface area contributed by atoms with Crippen molar-refractivity contribution in [3.63, 3.8) is 0 Å². The number of nitrogens with zero attached hydrogens (tertiary/aromatic N) is 2. The number of benzene rings is 1. The van der Waals surface area contributed by atoms with Gasteiger partial charge in [0.15, 0.2) is 0 Å². The molecule has 2 fully saturated rings. The number of hydrogen-bond donors (Lipinski definition) is 2. The smallest absolute Gasteiger partial charge is 0.317 e. The maximum Gasteiger partial charge on any atom is 0.317 e. The van der Waals surface area contributed by atoms with Gasteiger partial charge in [0.2, 0.25) is 5.91 Å². The first kappa shape index (κ1) is 13.6. The van der Waals surface area contributed by atoms with Crippen LogP contribution in [0.15, 0.2) is 24.3 Å². The van der Waals surface area contributed by atoms with E-state index in [1.807, 2.05) is 28.0 Å². The summed E-state index contributed by atoms with van der Waals surface area (Å²) in [6.07, 6.45) is 0.967. The third-order valence-corrected chi connectivity index (χ3v) is 4.90. The lowest BCUT2D eigenvalue weighted by atomic mass is 9.93. The average Bonchev–Trinajstić information content (AvgIpc) is 2.94. The zero-order valence-electron chi connectivity index (χ0n) is 12.4. The highest BCUT2D eigenvalue weighted by Crippen LogP contribution is 2.25. The largest absolute Gasteiger partial charge is 0.337 e. The molecule has 0 spiro atoms. The number of carbonyl (C=O) groups excluding carboxylic acids is 2. The fraction of sp³-hybridized carbons (Fsp3) is 0.500. The summed E-state index contributed by atoms with van der Waals surface area (Å²) in [5.41, 5.74) is 2.36. The molecule has 1 aromatic rings. The molecule has 3 amide bonds. The third kappa shape index (κ3) is 2.14. The Morgan fingerprint density at radius 1 is 1.23 bits per heavy atom. The van der Waals surface area contributed by atoms with Crippen molar-refractivity contribution in [3.05, 3.63) is 35.4 Å². The second-order valence-corrected chi connectivity index (χ2v) is 6.15. The van der Waals surface area contributed by atoms with Crippen LogP contribution in [0.4, 0.5) is 4.79 Å². The maximum absolute atomic E-state index is 12.9. The lowest BCUT2D eigenvalue weighted by Gasteiger charge is -2.39. The van der Waals surface area contributed by atoms with Crippen molar-refractivity contribution in [2.75, 3.05) is 32.7 Å². The highest BCUT2D eigenvalue weighted by Gasteiger charge is 2.39. The molecule has 6 heteroatoms. The van der Waals surface area contributed by atoms with E-state index in [1.165, 1.54) is 5.56 Å². The summed E-state index contributed by atoms with van der Waals surface area (Å²) in [5.74, 6) is 0.131. The molecule has 116 valence electrons. The summed E-state index contributed by atoms with van der Waals surface area (Å²) < 4.78 is 0. The fourth-order valence-electron chi connectivity index (χ4n) is 3.71. The van der Waals surface area contributed by atoms with Gasteiger partial charge in [0.25, 0.3) is 0 Å². The number of piperazine rings is 1. The number of fused-ring (bicyclic) bond motifs is 2. The molecular weight excluding hydrogens is 280 g/mol. The van der Waals surface area contributed by atoms with E-state index in [-0.39, 0.29) is 24.0 Å². The second-order valence-electron chi connectivity index (χ2n) is 6.15. The van der Waals surface area contributed by atoms with E-state index in [9.17, 15) is 9.59 Å².